The molecule has 0 aliphatic carbocycles. The van der Waals surface area contributed by atoms with Gasteiger partial charge in [0, 0.05) is 33.3 Å². The van der Waals surface area contributed by atoms with Crippen LogP contribution in [0.4, 0.5) is 0 Å². The molecule has 7 aromatic carbocycles. The van der Waals surface area contributed by atoms with Crippen molar-refractivity contribution in [3.63, 3.8) is 0 Å². The van der Waals surface area contributed by atoms with E-state index >= 15 is 0 Å². The summed E-state index contributed by atoms with van der Waals surface area (Å²) < 4.78 is 6.17. The normalized spacial score (nSPS) is 12.0. The number of benzene rings is 7. The second kappa shape index (κ2) is 9.22. The Balaban J connectivity index is 1.22. The van der Waals surface area contributed by atoms with E-state index < -0.39 is 0 Å². The number of hydrogen-bond donors (Lipinski definition) is 0. The molecule has 0 radical (unpaired) electrons. The molecular formula is C42H24N2O. The van der Waals surface area contributed by atoms with Crippen LogP contribution >= 0.6 is 0 Å². The summed E-state index contributed by atoms with van der Waals surface area (Å²) in [6.07, 6.45) is 1.84. The SMILES string of the molecule is c1ccc2cc3c(-c4ccc5ccc6cccnc6c5n4)ccc(-c4ccc5c(ccc6oc7ccccc7c65)c4)c3cc2c1. The molecule has 0 atom stereocenters. The van der Waals surface area contributed by atoms with Gasteiger partial charge in [-0.3, -0.25) is 4.98 Å². The summed E-state index contributed by atoms with van der Waals surface area (Å²) in [5.74, 6) is 0. The molecule has 0 aliphatic heterocycles. The third kappa shape index (κ3) is 3.65. The van der Waals surface area contributed by atoms with Gasteiger partial charge in [-0.1, -0.05) is 97.1 Å². The molecule has 0 N–H and O–H groups in total. The average molecular weight is 573 g/mol. The van der Waals surface area contributed by atoms with Crippen molar-refractivity contribution in [3.8, 4) is 22.4 Å². The van der Waals surface area contributed by atoms with Crippen LogP contribution < -0.4 is 0 Å². The fourth-order valence-electron chi connectivity index (χ4n) is 7.10. The van der Waals surface area contributed by atoms with Gasteiger partial charge in [0.25, 0.3) is 0 Å². The smallest absolute Gasteiger partial charge is 0.136 e. The molecule has 208 valence electrons. The Morgan fingerprint density at radius 2 is 1.13 bits per heavy atom. The summed E-state index contributed by atoms with van der Waals surface area (Å²) >= 11 is 0. The van der Waals surface area contributed by atoms with Crippen LogP contribution in [0, 0.1) is 0 Å². The van der Waals surface area contributed by atoms with Crippen LogP contribution in [0.25, 0.3) is 98.4 Å². The highest BCUT2D eigenvalue weighted by Crippen LogP contribution is 2.41. The molecule has 3 heteroatoms. The number of pyridine rings is 2. The van der Waals surface area contributed by atoms with Crippen molar-refractivity contribution in [2.24, 2.45) is 0 Å². The van der Waals surface area contributed by atoms with Gasteiger partial charge >= 0.3 is 0 Å². The van der Waals surface area contributed by atoms with Crippen molar-refractivity contribution in [2.75, 3.05) is 0 Å². The number of rotatable bonds is 2. The maximum atomic E-state index is 6.17. The molecule has 0 saturated carbocycles. The molecule has 0 bridgehead atoms. The third-order valence-corrected chi connectivity index (χ3v) is 9.26. The second-order valence-corrected chi connectivity index (χ2v) is 11.8. The molecule has 0 saturated heterocycles. The second-order valence-electron chi connectivity index (χ2n) is 11.8. The molecule has 3 aromatic heterocycles. The lowest BCUT2D eigenvalue weighted by atomic mass is 9.90. The zero-order valence-corrected chi connectivity index (χ0v) is 24.2. The minimum Gasteiger partial charge on any atom is -0.456 e. The van der Waals surface area contributed by atoms with Crippen LogP contribution in [0.5, 0.6) is 0 Å². The highest BCUT2D eigenvalue weighted by molar-refractivity contribution is 6.20. The number of furan rings is 1. The summed E-state index contributed by atoms with van der Waals surface area (Å²) in [5, 5.41) is 11.7. The standard InChI is InChI=1S/C42H24N2O/c1-2-7-28-24-36-33(37-19-14-26-12-11-25-8-5-21-43-41(25)42(26)44-37)18-17-31(35(36)23-27(28)6-1)29-13-16-32-30(22-29)15-20-39-40(32)34-9-3-4-10-38(34)45-39/h1-24H. The lowest BCUT2D eigenvalue weighted by Gasteiger charge is -2.14. The first-order chi connectivity index (χ1) is 22.3. The minimum absolute atomic E-state index is 0.920. The molecule has 3 nitrogen and oxygen atoms in total. The first-order valence-corrected chi connectivity index (χ1v) is 15.2. The number of fused-ring (bicyclic) bond motifs is 10. The Morgan fingerprint density at radius 1 is 0.422 bits per heavy atom. The largest absolute Gasteiger partial charge is 0.456 e. The van der Waals surface area contributed by atoms with Crippen molar-refractivity contribution in [2.45, 2.75) is 0 Å². The fraction of sp³-hybridized carbons (Fsp3) is 0. The van der Waals surface area contributed by atoms with E-state index in [0.29, 0.717) is 0 Å². The maximum Gasteiger partial charge on any atom is 0.136 e. The van der Waals surface area contributed by atoms with E-state index in [9.17, 15) is 0 Å². The molecule has 10 rings (SSSR count). The van der Waals surface area contributed by atoms with Gasteiger partial charge in [-0.25, -0.2) is 4.98 Å². The van der Waals surface area contributed by atoms with Crippen molar-refractivity contribution < 1.29 is 4.42 Å². The van der Waals surface area contributed by atoms with E-state index in [2.05, 4.69) is 126 Å². The summed E-state index contributed by atoms with van der Waals surface area (Å²) in [6, 6.07) is 49.7. The van der Waals surface area contributed by atoms with E-state index in [4.69, 9.17) is 9.40 Å². The Kier molecular flexibility index (Phi) is 5.00. The minimum atomic E-state index is 0.920. The van der Waals surface area contributed by atoms with E-state index in [1.807, 2.05) is 24.4 Å². The Bertz CT molecular complexity index is 2830. The highest BCUT2D eigenvalue weighted by atomic mass is 16.3. The zero-order valence-electron chi connectivity index (χ0n) is 24.2. The first-order valence-electron chi connectivity index (χ1n) is 15.2. The van der Waals surface area contributed by atoms with Crippen molar-refractivity contribution >= 4 is 76.1 Å². The Hall–Kier alpha value is -6.06. The van der Waals surface area contributed by atoms with Crippen LogP contribution in [0.2, 0.25) is 0 Å². The van der Waals surface area contributed by atoms with Crippen LogP contribution in [-0.2, 0) is 0 Å². The van der Waals surface area contributed by atoms with Gasteiger partial charge < -0.3 is 4.42 Å². The average Bonchev–Trinajstić information content (AvgIpc) is 3.49. The highest BCUT2D eigenvalue weighted by Gasteiger charge is 2.15. The summed E-state index contributed by atoms with van der Waals surface area (Å²) in [4.78, 5) is 9.91. The van der Waals surface area contributed by atoms with Gasteiger partial charge in [0.05, 0.1) is 16.7 Å². The number of nitrogens with zero attached hydrogens (tertiary/aromatic N) is 2. The van der Waals surface area contributed by atoms with Gasteiger partial charge in [0.1, 0.15) is 11.2 Å². The molecule has 0 spiro atoms. The lowest BCUT2D eigenvalue weighted by Crippen LogP contribution is -1.91. The Morgan fingerprint density at radius 3 is 2.02 bits per heavy atom. The predicted octanol–water partition coefficient (Wildman–Crippen LogP) is 11.5. The maximum absolute atomic E-state index is 6.17. The summed E-state index contributed by atoms with van der Waals surface area (Å²) in [7, 11) is 0. The molecule has 0 unspecified atom stereocenters. The fourth-order valence-corrected chi connectivity index (χ4v) is 7.10. The Labute approximate surface area is 258 Å². The zero-order chi connectivity index (χ0) is 29.5. The van der Waals surface area contributed by atoms with Crippen LogP contribution in [0.1, 0.15) is 0 Å². The van der Waals surface area contributed by atoms with Gasteiger partial charge in [-0.15, -0.1) is 0 Å². The molecule has 3 heterocycles. The number of hydrogen-bond acceptors (Lipinski definition) is 3. The molecule has 10 aromatic rings. The molecule has 0 fully saturated rings. The number of aromatic nitrogens is 2. The summed E-state index contributed by atoms with van der Waals surface area (Å²) in [5.41, 5.74) is 8.14. The summed E-state index contributed by atoms with van der Waals surface area (Å²) in [6.45, 7) is 0. The predicted molar refractivity (Wildman–Crippen MR) is 188 cm³/mol. The quantitative estimate of drug-likeness (QED) is 0.153. The van der Waals surface area contributed by atoms with Crippen LogP contribution in [-0.4, -0.2) is 9.97 Å². The number of para-hydroxylation sites is 1. The van der Waals surface area contributed by atoms with Crippen molar-refractivity contribution in [1.82, 2.24) is 9.97 Å². The topological polar surface area (TPSA) is 38.9 Å². The molecule has 45 heavy (non-hydrogen) atoms. The lowest BCUT2D eigenvalue weighted by molar-refractivity contribution is 0.669. The van der Waals surface area contributed by atoms with Gasteiger partial charge in [-0.05, 0) is 85.9 Å². The van der Waals surface area contributed by atoms with Gasteiger partial charge in [0.15, 0.2) is 0 Å². The van der Waals surface area contributed by atoms with E-state index in [1.165, 1.54) is 48.8 Å². The van der Waals surface area contributed by atoms with E-state index in [1.54, 1.807) is 0 Å². The van der Waals surface area contributed by atoms with E-state index in [-0.39, 0.29) is 0 Å². The van der Waals surface area contributed by atoms with Crippen LogP contribution in [0.3, 0.4) is 0 Å². The molecular weight excluding hydrogens is 548 g/mol. The first kappa shape index (κ1) is 24.4. The van der Waals surface area contributed by atoms with Crippen molar-refractivity contribution in [3.05, 3.63) is 146 Å². The third-order valence-electron chi connectivity index (χ3n) is 9.26. The van der Waals surface area contributed by atoms with Crippen molar-refractivity contribution in [1.29, 1.82) is 0 Å². The molecule has 0 amide bonds. The van der Waals surface area contributed by atoms with Gasteiger partial charge in [0.2, 0.25) is 0 Å². The monoisotopic (exact) mass is 572 g/mol. The van der Waals surface area contributed by atoms with E-state index in [0.717, 1.165) is 49.6 Å². The van der Waals surface area contributed by atoms with Gasteiger partial charge in [-0.2, -0.15) is 0 Å². The van der Waals surface area contributed by atoms with Crippen LogP contribution in [0.15, 0.2) is 150 Å². The molecule has 0 aliphatic rings.